The Morgan fingerprint density at radius 3 is 2.17 bits per heavy atom. The molecule has 0 aromatic heterocycles. The average molecular weight is 245 g/mol. The van der Waals surface area contributed by atoms with Crippen LogP contribution < -0.4 is 5.11 Å². The minimum Gasteiger partial charge on any atom is -0.550 e. The summed E-state index contributed by atoms with van der Waals surface area (Å²) in [7, 11) is 0. The number of ketones is 1. The van der Waals surface area contributed by atoms with Crippen molar-refractivity contribution in [2.45, 2.75) is 32.6 Å². The van der Waals surface area contributed by atoms with Crippen LogP contribution in [0, 0.1) is 18.8 Å². The highest BCUT2D eigenvalue weighted by Crippen LogP contribution is 2.32. The fraction of sp³-hybridized carbons (Fsp3) is 0.467. The number of carboxylic acids is 1. The van der Waals surface area contributed by atoms with E-state index in [1.54, 1.807) is 12.1 Å². The molecule has 0 saturated heterocycles. The number of benzene rings is 1. The lowest BCUT2D eigenvalue weighted by molar-refractivity contribution is -0.313. The van der Waals surface area contributed by atoms with Crippen molar-refractivity contribution < 1.29 is 14.7 Å². The van der Waals surface area contributed by atoms with E-state index < -0.39 is 17.8 Å². The monoisotopic (exact) mass is 245 g/mol. The van der Waals surface area contributed by atoms with Gasteiger partial charge in [-0.3, -0.25) is 4.79 Å². The topological polar surface area (TPSA) is 57.2 Å². The molecule has 3 nitrogen and oxygen atoms in total. The van der Waals surface area contributed by atoms with Gasteiger partial charge in [-0.05, 0) is 19.8 Å². The van der Waals surface area contributed by atoms with E-state index in [0.717, 1.165) is 18.4 Å². The van der Waals surface area contributed by atoms with E-state index in [1.165, 1.54) is 0 Å². The zero-order valence-corrected chi connectivity index (χ0v) is 10.5. The zero-order chi connectivity index (χ0) is 13.1. The normalized spacial score (nSPS) is 23.6. The van der Waals surface area contributed by atoms with Crippen LogP contribution in [0.15, 0.2) is 24.3 Å². The first-order valence-corrected chi connectivity index (χ1v) is 6.41. The van der Waals surface area contributed by atoms with Crippen LogP contribution in [0.1, 0.15) is 41.6 Å². The predicted molar refractivity (Wildman–Crippen MR) is 66.0 cm³/mol. The molecular weight excluding hydrogens is 228 g/mol. The number of hydrogen-bond donors (Lipinski definition) is 0. The molecule has 0 aliphatic heterocycles. The highest BCUT2D eigenvalue weighted by atomic mass is 16.4. The lowest BCUT2D eigenvalue weighted by atomic mass is 9.75. The van der Waals surface area contributed by atoms with Gasteiger partial charge in [-0.2, -0.15) is 0 Å². The van der Waals surface area contributed by atoms with E-state index in [4.69, 9.17) is 0 Å². The second-order valence-corrected chi connectivity index (χ2v) is 5.05. The molecule has 1 aromatic rings. The van der Waals surface area contributed by atoms with Crippen molar-refractivity contribution in [3.05, 3.63) is 35.4 Å². The van der Waals surface area contributed by atoms with Crippen molar-refractivity contribution in [2.24, 2.45) is 11.8 Å². The van der Waals surface area contributed by atoms with Crippen LogP contribution in [0.2, 0.25) is 0 Å². The van der Waals surface area contributed by atoms with Gasteiger partial charge in [0.05, 0.1) is 0 Å². The Kier molecular flexibility index (Phi) is 3.80. The molecule has 0 amide bonds. The Labute approximate surface area is 107 Å². The predicted octanol–water partition coefficient (Wildman–Crippen LogP) is 1.73. The molecule has 0 radical (unpaired) electrons. The highest BCUT2D eigenvalue weighted by molar-refractivity contribution is 5.99. The summed E-state index contributed by atoms with van der Waals surface area (Å²) in [5, 5.41) is 11.1. The van der Waals surface area contributed by atoms with Gasteiger partial charge in [-0.15, -0.1) is 0 Å². The van der Waals surface area contributed by atoms with Gasteiger partial charge in [0.1, 0.15) is 0 Å². The van der Waals surface area contributed by atoms with E-state index in [2.05, 4.69) is 0 Å². The van der Waals surface area contributed by atoms with Crippen molar-refractivity contribution in [1.82, 2.24) is 0 Å². The maximum atomic E-state index is 12.3. The summed E-state index contributed by atoms with van der Waals surface area (Å²) in [6, 6.07) is 7.31. The van der Waals surface area contributed by atoms with E-state index in [0.29, 0.717) is 18.4 Å². The maximum Gasteiger partial charge on any atom is 0.166 e. The molecule has 2 atom stereocenters. The smallest absolute Gasteiger partial charge is 0.166 e. The lowest BCUT2D eigenvalue weighted by Crippen LogP contribution is -2.40. The van der Waals surface area contributed by atoms with E-state index in [1.807, 2.05) is 19.1 Å². The summed E-state index contributed by atoms with van der Waals surface area (Å²) in [4.78, 5) is 23.4. The Morgan fingerprint density at radius 2 is 1.61 bits per heavy atom. The molecule has 1 saturated carbocycles. The van der Waals surface area contributed by atoms with E-state index in [-0.39, 0.29) is 5.78 Å². The molecule has 1 aromatic carbocycles. The maximum absolute atomic E-state index is 12.3. The lowest BCUT2D eigenvalue weighted by Gasteiger charge is -2.31. The number of carbonyl (C=O) groups excluding carboxylic acids is 2. The summed E-state index contributed by atoms with van der Waals surface area (Å²) in [5.74, 6) is -2.16. The standard InChI is InChI=1S/C15H18O3/c1-10-6-8-11(9-7-10)14(16)12-4-2-3-5-13(12)15(17)18/h6-9,12-13H,2-5H2,1H3,(H,17,18)/p-1/t12-,13+/m1/s1. The van der Waals surface area contributed by atoms with Crippen LogP contribution in [0.5, 0.6) is 0 Å². The minimum absolute atomic E-state index is 0.0519. The van der Waals surface area contributed by atoms with Crippen LogP contribution in [-0.2, 0) is 4.79 Å². The molecule has 1 fully saturated rings. The minimum atomic E-state index is -1.08. The van der Waals surface area contributed by atoms with Crippen LogP contribution in [0.3, 0.4) is 0 Å². The first-order chi connectivity index (χ1) is 8.59. The molecule has 0 unspecified atom stereocenters. The van der Waals surface area contributed by atoms with Gasteiger partial charge in [-0.25, -0.2) is 0 Å². The van der Waals surface area contributed by atoms with Gasteiger partial charge in [0, 0.05) is 23.4 Å². The molecule has 2 rings (SSSR count). The van der Waals surface area contributed by atoms with Crippen LogP contribution >= 0.6 is 0 Å². The van der Waals surface area contributed by atoms with Crippen molar-refractivity contribution in [2.75, 3.05) is 0 Å². The summed E-state index contributed by atoms with van der Waals surface area (Å²) < 4.78 is 0. The summed E-state index contributed by atoms with van der Waals surface area (Å²) >= 11 is 0. The van der Waals surface area contributed by atoms with Gasteiger partial charge < -0.3 is 9.90 Å². The largest absolute Gasteiger partial charge is 0.550 e. The van der Waals surface area contributed by atoms with Gasteiger partial charge in [0.2, 0.25) is 0 Å². The molecule has 18 heavy (non-hydrogen) atoms. The number of Topliss-reactive ketones (excluding diaryl/α,β-unsaturated/α-hetero) is 1. The molecule has 0 spiro atoms. The van der Waals surface area contributed by atoms with Crippen LogP contribution in [-0.4, -0.2) is 11.8 Å². The van der Waals surface area contributed by atoms with E-state index >= 15 is 0 Å². The second kappa shape index (κ2) is 5.34. The quantitative estimate of drug-likeness (QED) is 0.762. The third-order valence-corrected chi connectivity index (χ3v) is 3.74. The van der Waals surface area contributed by atoms with Crippen molar-refractivity contribution in [3.8, 4) is 0 Å². The molecule has 1 aliphatic rings. The summed E-state index contributed by atoms with van der Waals surface area (Å²) in [6.45, 7) is 1.96. The van der Waals surface area contributed by atoms with Gasteiger partial charge in [-0.1, -0.05) is 42.7 Å². The molecule has 0 N–H and O–H groups in total. The Morgan fingerprint density at radius 1 is 1.06 bits per heavy atom. The van der Waals surface area contributed by atoms with Crippen LogP contribution in [0.4, 0.5) is 0 Å². The van der Waals surface area contributed by atoms with Gasteiger partial charge in [0.25, 0.3) is 0 Å². The Hall–Kier alpha value is -1.64. The average Bonchev–Trinajstić information content (AvgIpc) is 2.39. The van der Waals surface area contributed by atoms with E-state index in [9.17, 15) is 14.7 Å². The molecule has 1 aliphatic carbocycles. The Bertz CT molecular complexity index is 447. The van der Waals surface area contributed by atoms with Gasteiger partial charge >= 0.3 is 0 Å². The number of carboxylic acid groups (broad SMARTS) is 1. The summed E-state index contributed by atoms with van der Waals surface area (Å²) in [5.41, 5.74) is 1.70. The SMILES string of the molecule is Cc1ccc(C(=O)[C@@H]2CCCC[C@@H]2C(=O)[O-])cc1. The Balaban J connectivity index is 2.20. The van der Waals surface area contributed by atoms with Gasteiger partial charge in [0.15, 0.2) is 5.78 Å². The third-order valence-electron chi connectivity index (χ3n) is 3.74. The fourth-order valence-corrected chi connectivity index (χ4v) is 2.66. The number of aliphatic carboxylic acids is 1. The van der Waals surface area contributed by atoms with Crippen molar-refractivity contribution in [1.29, 1.82) is 0 Å². The first-order valence-electron chi connectivity index (χ1n) is 6.41. The molecular formula is C15H17O3-. The number of carbonyl (C=O) groups is 2. The molecule has 3 heteroatoms. The second-order valence-electron chi connectivity index (χ2n) is 5.05. The van der Waals surface area contributed by atoms with Crippen molar-refractivity contribution in [3.63, 3.8) is 0 Å². The zero-order valence-electron chi connectivity index (χ0n) is 10.5. The summed E-state index contributed by atoms with van der Waals surface area (Å²) in [6.07, 6.45) is 3.01. The number of hydrogen-bond acceptors (Lipinski definition) is 3. The first kappa shape index (κ1) is 12.8. The fourth-order valence-electron chi connectivity index (χ4n) is 2.66. The number of rotatable bonds is 3. The molecule has 0 bridgehead atoms. The highest BCUT2D eigenvalue weighted by Gasteiger charge is 2.32. The van der Waals surface area contributed by atoms with Crippen LogP contribution in [0.25, 0.3) is 0 Å². The molecule has 96 valence electrons. The van der Waals surface area contributed by atoms with Crippen molar-refractivity contribution >= 4 is 11.8 Å². The third kappa shape index (κ3) is 2.61. The number of aryl methyl sites for hydroxylation is 1. The molecule has 0 heterocycles.